The summed E-state index contributed by atoms with van der Waals surface area (Å²) in [5, 5.41) is 15.3. The fraction of sp³-hybridized carbons (Fsp3) is 0.464. The molecule has 0 spiro atoms. The van der Waals surface area contributed by atoms with Gasteiger partial charge in [0.1, 0.15) is 6.61 Å². The van der Waals surface area contributed by atoms with E-state index in [1.165, 1.54) is 11.1 Å². The Labute approximate surface area is 205 Å². The maximum Gasteiger partial charge on any atom is 0.407 e. The van der Waals surface area contributed by atoms with Crippen LogP contribution in [0, 0.1) is 11.8 Å². The SMILES string of the molecule is CC(CC(=O)O)(NC(=O)[C@@H]1CCC[C@@H]1NC(=O)OCC1c2ccccc2-c2ccccc21)C1CC1. The second kappa shape index (κ2) is 9.36. The van der Waals surface area contributed by atoms with Gasteiger partial charge in [0.25, 0.3) is 0 Å². The number of hydrogen-bond donors (Lipinski definition) is 3. The summed E-state index contributed by atoms with van der Waals surface area (Å²) in [5.41, 5.74) is 3.89. The lowest BCUT2D eigenvalue weighted by atomic mass is 9.90. The molecule has 5 rings (SSSR count). The van der Waals surface area contributed by atoms with Crippen LogP contribution >= 0.6 is 0 Å². The van der Waals surface area contributed by atoms with Gasteiger partial charge < -0.3 is 20.5 Å². The van der Waals surface area contributed by atoms with Crippen molar-refractivity contribution in [1.29, 1.82) is 0 Å². The van der Waals surface area contributed by atoms with Gasteiger partial charge in [0.05, 0.1) is 17.9 Å². The van der Waals surface area contributed by atoms with Gasteiger partial charge in [-0.2, -0.15) is 0 Å². The lowest BCUT2D eigenvalue weighted by molar-refractivity contribution is -0.139. The molecule has 7 nitrogen and oxygen atoms in total. The predicted octanol–water partition coefficient (Wildman–Crippen LogP) is 4.45. The van der Waals surface area contributed by atoms with Crippen LogP contribution in [0.15, 0.2) is 48.5 Å². The van der Waals surface area contributed by atoms with Crippen molar-refractivity contribution in [2.24, 2.45) is 11.8 Å². The van der Waals surface area contributed by atoms with Crippen LogP contribution in [0.2, 0.25) is 0 Å². The van der Waals surface area contributed by atoms with E-state index in [9.17, 15) is 19.5 Å². The van der Waals surface area contributed by atoms with Crippen molar-refractivity contribution in [3.05, 3.63) is 59.7 Å². The third-order valence-corrected chi connectivity index (χ3v) is 7.91. The first-order valence-electron chi connectivity index (χ1n) is 12.5. The first-order chi connectivity index (χ1) is 16.9. The van der Waals surface area contributed by atoms with Crippen LogP contribution < -0.4 is 10.6 Å². The molecular weight excluding hydrogens is 444 g/mol. The number of fused-ring (bicyclic) bond motifs is 3. The van der Waals surface area contributed by atoms with Crippen molar-refractivity contribution >= 4 is 18.0 Å². The number of ether oxygens (including phenoxy) is 1. The second-order valence-electron chi connectivity index (χ2n) is 10.4. The van der Waals surface area contributed by atoms with Crippen LogP contribution in [-0.4, -0.2) is 41.3 Å². The van der Waals surface area contributed by atoms with Crippen LogP contribution in [0.3, 0.4) is 0 Å². The third kappa shape index (κ3) is 4.77. The maximum absolute atomic E-state index is 13.1. The van der Waals surface area contributed by atoms with Crippen molar-refractivity contribution in [1.82, 2.24) is 10.6 Å². The molecule has 3 atom stereocenters. The largest absolute Gasteiger partial charge is 0.481 e. The molecule has 3 aliphatic carbocycles. The highest BCUT2D eigenvalue weighted by Gasteiger charge is 2.46. The number of carboxylic acid groups (broad SMARTS) is 1. The Balaban J connectivity index is 1.20. The summed E-state index contributed by atoms with van der Waals surface area (Å²) < 4.78 is 5.67. The zero-order valence-electron chi connectivity index (χ0n) is 20.0. The highest BCUT2D eigenvalue weighted by Crippen LogP contribution is 2.45. The predicted molar refractivity (Wildman–Crippen MR) is 131 cm³/mol. The van der Waals surface area contributed by atoms with E-state index >= 15 is 0 Å². The third-order valence-electron chi connectivity index (χ3n) is 7.91. The Kier molecular flexibility index (Phi) is 6.26. The van der Waals surface area contributed by atoms with E-state index in [-0.39, 0.29) is 42.7 Å². The molecule has 0 bridgehead atoms. The van der Waals surface area contributed by atoms with Crippen molar-refractivity contribution in [3.8, 4) is 11.1 Å². The summed E-state index contributed by atoms with van der Waals surface area (Å²) in [4.78, 5) is 37.2. The van der Waals surface area contributed by atoms with Crippen molar-refractivity contribution in [3.63, 3.8) is 0 Å². The number of amides is 2. The number of alkyl carbamates (subject to hydrolysis) is 1. The van der Waals surface area contributed by atoms with Crippen LogP contribution in [-0.2, 0) is 14.3 Å². The first-order valence-corrected chi connectivity index (χ1v) is 12.5. The number of hydrogen-bond acceptors (Lipinski definition) is 4. The zero-order valence-corrected chi connectivity index (χ0v) is 20.0. The fourth-order valence-corrected chi connectivity index (χ4v) is 5.94. The molecule has 3 N–H and O–H groups in total. The van der Waals surface area contributed by atoms with Gasteiger partial charge in [-0.3, -0.25) is 9.59 Å². The number of benzene rings is 2. The van der Waals surface area contributed by atoms with E-state index in [4.69, 9.17) is 4.74 Å². The van der Waals surface area contributed by atoms with Crippen molar-refractivity contribution in [2.75, 3.05) is 6.61 Å². The highest BCUT2D eigenvalue weighted by atomic mass is 16.5. The van der Waals surface area contributed by atoms with Gasteiger partial charge in [-0.1, -0.05) is 55.0 Å². The normalized spacial score (nSPS) is 22.5. The van der Waals surface area contributed by atoms with Crippen LogP contribution in [0.5, 0.6) is 0 Å². The van der Waals surface area contributed by atoms with Gasteiger partial charge in [-0.05, 0) is 60.8 Å². The average molecular weight is 477 g/mol. The van der Waals surface area contributed by atoms with Crippen molar-refractivity contribution in [2.45, 2.75) is 62.9 Å². The molecule has 1 unspecified atom stereocenters. The molecule has 2 aromatic carbocycles. The molecule has 2 amide bonds. The second-order valence-corrected chi connectivity index (χ2v) is 10.4. The number of aliphatic carboxylic acids is 1. The molecule has 35 heavy (non-hydrogen) atoms. The van der Waals surface area contributed by atoms with E-state index in [1.807, 2.05) is 31.2 Å². The minimum Gasteiger partial charge on any atom is -0.481 e. The van der Waals surface area contributed by atoms with Crippen LogP contribution in [0.4, 0.5) is 4.79 Å². The Morgan fingerprint density at radius 1 is 0.971 bits per heavy atom. The van der Waals surface area contributed by atoms with E-state index in [0.29, 0.717) is 12.8 Å². The Morgan fingerprint density at radius 3 is 2.20 bits per heavy atom. The molecule has 7 heteroatoms. The molecule has 184 valence electrons. The molecule has 0 radical (unpaired) electrons. The van der Waals surface area contributed by atoms with Gasteiger partial charge >= 0.3 is 12.1 Å². The molecule has 2 saturated carbocycles. The number of rotatable bonds is 8. The number of carbonyl (C=O) groups excluding carboxylic acids is 2. The molecule has 0 heterocycles. The molecule has 0 aromatic heterocycles. The summed E-state index contributed by atoms with van der Waals surface area (Å²) in [6.07, 6.45) is 3.42. The van der Waals surface area contributed by atoms with Gasteiger partial charge in [0.2, 0.25) is 5.91 Å². The Hall–Kier alpha value is -3.35. The minimum atomic E-state index is -0.917. The van der Waals surface area contributed by atoms with E-state index in [2.05, 4.69) is 34.9 Å². The Bertz CT molecular complexity index is 1100. The minimum absolute atomic E-state index is 0.0221. The maximum atomic E-state index is 13.1. The lowest BCUT2D eigenvalue weighted by Gasteiger charge is -2.32. The standard InChI is InChI=1S/C28H32N2O5/c1-28(15-25(31)32,17-13-14-17)30-26(33)22-11-6-12-24(22)29-27(34)35-16-23-20-9-4-2-7-18(20)19-8-3-5-10-21(19)23/h2-5,7-10,17,22-24H,6,11-16H2,1H3,(H,29,34)(H,30,33)(H,31,32)/t22-,24+,28?/m1/s1. The lowest BCUT2D eigenvalue weighted by Crippen LogP contribution is -2.53. The molecule has 0 aliphatic heterocycles. The van der Waals surface area contributed by atoms with Gasteiger partial charge in [-0.25, -0.2) is 4.79 Å². The van der Waals surface area contributed by atoms with Crippen LogP contribution in [0.1, 0.15) is 62.5 Å². The van der Waals surface area contributed by atoms with E-state index in [0.717, 1.165) is 30.4 Å². The van der Waals surface area contributed by atoms with E-state index in [1.54, 1.807) is 0 Å². The fourth-order valence-electron chi connectivity index (χ4n) is 5.94. The van der Waals surface area contributed by atoms with Gasteiger partial charge in [0.15, 0.2) is 0 Å². The molecule has 2 aromatic rings. The van der Waals surface area contributed by atoms with Gasteiger partial charge in [0, 0.05) is 12.0 Å². The smallest absolute Gasteiger partial charge is 0.407 e. The van der Waals surface area contributed by atoms with Gasteiger partial charge in [-0.15, -0.1) is 0 Å². The first kappa shape index (κ1) is 23.4. The number of nitrogens with one attached hydrogen (secondary N) is 2. The summed E-state index contributed by atoms with van der Waals surface area (Å²) in [6.45, 7) is 2.04. The summed E-state index contributed by atoms with van der Waals surface area (Å²) in [6, 6.07) is 16.0. The summed E-state index contributed by atoms with van der Waals surface area (Å²) >= 11 is 0. The topological polar surface area (TPSA) is 105 Å². The molecule has 0 saturated heterocycles. The monoisotopic (exact) mass is 476 g/mol. The molecule has 3 aliphatic rings. The zero-order chi connectivity index (χ0) is 24.6. The summed E-state index contributed by atoms with van der Waals surface area (Å²) in [5.74, 6) is -1.31. The average Bonchev–Trinajstić information content (AvgIpc) is 3.52. The molecular formula is C28H32N2O5. The number of carboxylic acids is 1. The van der Waals surface area contributed by atoms with Crippen molar-refractivity contribution < 1.29 is 24.2 Å². The van der Waals surface area contributed by atoms with Crippen LogP contribution in [0.25, 0.3) is 11.1 Å². The summed E-state index contributed by atoms with van der Waals surface area (Å²) in [7, 11) is 0. The quantitative estimate of drug-likeness (QED) is 0.522. The number of carbonyl (C=O) groups is 3. The highest BCUT2D eigenvalue weighted by molar-refractivity contribution is 5.83. The van der Waals surface area contributed by atoms with E-state index < -0.39 is 17.6 Å². The Morgan fingerprint density at radius 2 is 1.60 bits per heavy atom. The molecule has 2 fully saturated rings.